The van der Waals surface area contributed by atoms with Gasteiger partial charge in [-0.3, -0.25) is 0 Å². The molecule has 1 aliphatic heterocycles. The van der Waals surface area contributed by atoms with Crippen LogP contribution < -0.4 is 0 Å². The fourth-order valence-electron chi connectivity index (χ4n) is 14.1. The van der Waals surface area contributed by atoms with E-state index < -0.39 is 26.4 Å². The van der Waals surface area contributed by atoms with E-state index >= 15 is 0 Å². The number of unbranched alkanes of at least 4 members (excludes halogenated alkanes) is 2. The van der Waals surface area contributed by atoms with Crippen molar-refractivity contribution in [1.29, 1.82) is 0 Å². The van der Waals surface area contributed by atoms with Crippen molar-refractivity contribution in [3.8, 4) is 0 Å². The molecule has 0 aliphatic carbocycles. The Kier molecular flexibility index (Phi) is 55.8. The van der Waals surface area contributed by atoms with Crippen molar-refractivity contribution in [2.75, 3.05) is 180 Å². The van der Waals surface area contributed by atoms with E-state index in [0.29, 0.717) is 41.3 Å². The first kappa shape index (κ1) is 106. The van der Waals surface area contributed by atoms with E-state index in [4.69, 9.17) is 67.8 Å². The Labute approximate surface area is 694 Å². The van der Waals surface area contributed by atoms with Crippen molar-refractivity contribution in [1.82, 2.24) is 9.80 Å². The van der Waals surface area contributed by atoms with Crippen molar-refractivity contribution >= 4 is 49.6 Å². The molecule has 111 heavy (non-hydrogen) atoms. The van der Waals surface area contributed by atoms with Gasteiger partial charge in [0.25, 0.3) is 0 Å². The Morgan fingerprint density at radius 2 is 0.613 bits per heavy atom. The summed E-state index contributed by atoms with van der Waals surface area (Å²) in [6.45, 7) is 29.0. The van der Waals surface area contributed by atoms with Crippen LogP contribution in [0.1, 0.15) is 231 Å². The van der Waals surface area contributed by atoms with E-state index in [2.05, 4.69) is 257 Å². The molecule has 0 N–H and O–H groups in total. The maximum Gasteiger partial charge on any atom is 0.500 e. The lowest BCUT2D eigenvalue weighted by molar-refractivity contribution is -0.903. The van der Waals surface area contributed by atoms with Crippen LogP contribution in [0.25, 0.3) is 0 Å². The molecule has 1 heterocycles. The first-order valence-electron chi connectivity index (χ1n) is 41.6. The second kappa shape index (κ2) is 58.6. The van der Waals surface area contributed by atoms with Gasteiger partial charge in [0.1, 0.15) is 19.6 Å². The molecule has 6 rings (SSSR count). The van der Waals surface area contributed by atoms with Crippen molar-refractivity contribution in [2.45, 2.75) is 224 Å². The summed E-state index contributed by atoms with van der Waals surface area (Å²) >= 11 is 11.6. The van der Waals surface area contributed by atoms with Gasteiger partial charge in [-0.25, -0.2) is 0 Å². The van der Waals surface area contributed by atoms with Gasteiger partial charge in [-0.05, 0) is 174 Å². The fraction of sp³-hybridized carbons (Fsp3) is 0.670. The normalized spacial score (nSPS) is 14.1. The summed E-state index contributed by atoms with van der Waals surface area (Å²) in [5.74, 6) is 4.05. The lowest BCUT2D eigenvalue weighted by Crippen LogP contribution is -2.45. The highest BCUT2D eigenvalue weighted by atomic mass is 35.5. The van der Waals surface area contributed by atoms with E-state index in [9.17, 15) is 0 Å². The summed E-state index contributed by atoms with van der Waals surface area (Å²) in [6.07, 6.45) is 16.6. The number of ether oxygens (including phenoxy) is 1. The Balaban J connectivity index is 0.000000766. The minimum absolute atomic E-state index is 0.520. The van der Waals surface area contributed by atoms with E-state index in [0.717, 1.165) is 123 Å². The number of hydrogen-bond acceptors (Lipinski definition) is 12. The quantitative estimate of drug-likeness (QED) is 0.0211. The molecule has 0 amide bonds. The maximum atomic E-state index is 5.94. The lowest BCUT2D eigenvalue weighted by atomic mass is 9.84. The largest absolute Gasteiger partial charge is 0.500 e. The molecule has 0 aromatic heterocycles. The van der Waals surface area contributed by atoms with Gasteiger partial charge < -0.3 is 67.8 Å². The van der Waals surface area contributed by atoms with Crippen molar-refractivity contribution in [3.05, 3.63) is 177 Å². The summed E-state index contributed by atoms with van der Waals surface area (Å²) in [4.78, 5) is 4.35. The third-order valence-electron chi connectivity index (χ3n) is 21.8. The molecule has 0 spiro atoms. The third kappa shape index (κ3) is 43.7. The Bertz CT molecular complexity index is 3020. The number of nitrogens with zero attached hydrogens (tertiary/aromatic N) is 5. The summed E-state index contributed by atoms with van der Waals surface area (Å²) < 4.78 is 57.2. The van der Waals surface area contributed by atoms with Gasteiger partial charge in [-0.1, -0.05) is 190 Å². The number of quaternary nitrogens is 3. The fourth-order valence-corrected chi connectivity index (χ4v) is 19.5. The molecule has 1 saturated heterocycles. The number of benzene rings is 5. The highest BCUT2D eigenvalue weighted by molar-refractivity contribution is 6.61. The van der Waals surface area contributed by atoms with Crippen LogP contribution in [0.15, 0.2) is 121 Å². The predicted octanol–water partition coefficient (Wildman–Crippen LogP) is 21.5. The minimum atomic E-state index is -2.50. The van der Waals surface area contributed by atoms with Crippen LogP contribution in [0.4, 0.5) is 0 Å². The van der Waals surface area contributed by atoms with Gasteiger partial charge in [-0.15, -0.1) is 23.2 Å². The molecule has 5 aromatic rings. The van der Waals surface area contributed by atoms with E-state index in [1.165, 1.54) is 120 Å². The summed E-state index contributed by atoms with van der Waals surface area (Å²) in [5.41, 5.74) is 13.8. The highest BCUT2D eigenvalue weighted by Crippen LogP contribution is 2.35. The highest BCUT2D eigenvalue weighted by Gasteiger charge is 2.40. The SMILES string of the molecule is C1CCOC1.CCC(C)c1ccc(CCl)cc1.CCC(CC(C)c1ccc(CCl)cc1)c1ccc(C[N+](C)(C)CCC[Si](OC)(OC)OC)cc1.CCCCN(C)C.CCCC[N+](C)(C)Cc1ccc(C(C)CC(CC)c2ccc(C[N+](C)(C)CCC[Si](OC)(OC)OC)cc2)cc1.CO[Si](CCCN(C)C)(OC)OC. The van der Waals surface area contributed by atoms with Gasteiger partial charge >= 0.3 is 26.4 Å². The molecular formula is C91H164Cl2N5O10Si3+3. The maximum absolute atomic E-state index is 5.94. The van der Waals surface area contributed by atoms with Crippen LogP contribution in [-0.4, -0.2) is 230 Å². The Morgan fingerprint density at radius 3 is 0.847 bits per heavy atom. The molecular weight excluding hydrogens is 1480 g/mol. The summed E-state index contributed by atoms with van der Waals surface area (Å²) in [6, 6.07) is 48.0. The van der Waals surface area contributed by atoms with Crippen LogP contribution in [0.2, 0.25) is 18.1 Å². The van der Waals surface area contributed by atoms with Gasteiger partial charge in [-0.2, -0.15) is 0 Å². The molecule has 15 nitrogen and oxygen atoms in total. The lowest BCUT2D eigenvalue weighted by Gasteiger charge is -2.31. The Morgan fingerprint density at radius 1 is 0.351 bits per heavy atom. The molecule has 1 aliphatic rings. The minimum Gasteiger partial charge on any atom is -0.381 e. The summed E-state index contributed by atoms with van der Waals surface area (Å²) in [7, 11) is 30.0. The molecule has 0 bridgehead atoms. The van der Waals surface area contributed by atoms with Crippen LogP contribution in [0.5, 0.6) is 0 Å². The van der Waals surface area contributed by atoms with Crippen molar-refractivity contribution < 1.29 is 58.0 Å². The van der Waals surface area contributed by atoms with Crippen LogP contribution in [0.3, 0.4) is 0 Å². The molecule has 5 atom stereocenters. The molecule has 636 valence electrons. The van der Waals surface area contributed by atoms with Crippen LogP contribution in [-0.2, 0) is 76.0 Å². The van der Waals surface area contributed by atoms with Crippen LogP contribution in [0, 0.1) is 0 Å². The number of hydrogen-bond donors (Lipinski definition) is 0. The third-order valence-corrected chi connectivity index (χ3v) is 31.0. The second-order valence-corrected chi connectivity index (χ2v) is 42.9. The zero-order valence-corrected chi connectivity index (χ0v) is 80.0. The average molecular weight is 1640 g/mol. The van der Waals surface area contributed by atoms with Crippen molar-refractivity contribution in [3.63, 3.8) is 0 Å². The molecule has 0 radical (unpaired) electrons. The van der Waals surface area contributed by atoms with Crippen molar-refractivity contribution in [2.24, 2.45) is 0 Å². The average Bonchev–Trinajstić information content (AvgIpc) is 0.923. The van der Waals surface area contributed by atoms with Gasteiger partial charge in [0, 0.05) is 137 Å². The first-order valence-corrected chi connectivity index (χ1v) is 48.5. The second-order valence-electron chi connectivity index (χ2n) is 33.1. The topological polar surface area (TPSA) is 98.8 Å². The van der Waals surface area contributed by atoms with Crippen LogP contribution >= 0.6 is 23.2 Å². The number of halogens is 2. The van der Waals surface area contributed by atoms with E-state index in [-0.39, 0.29) is 0 Å². The molecule has 0 saturated carbocycles. The molecule has 5 aromatic carbocycles. The van der Waals surface area contributed by atoms with Gasteiger partial charge in [0.2, 0.25) is 0 Å². The zero-order valence-electron chi connectivity index (χ0n) is 75.5. The monoisotopic (exact) mass is 1640 g/mol. The zero-order chi connectivity index (χ0) is 83.5. The number of rotatable bonds is 47. The van der Waals surface area contributed by atoms with Gasteiger partial charge in [0.05, 0.1) is 61.9 Å². The van der Waals surface area contributed by atoms with E-state index in [1.54, 1.807) is 64.0 Å². The first-order chi connectivity index (χ1) is 52.8. The van der Waals surface area contributed by atoms with Gasteiger partial charge in [0.15, 0.2) is 0 Å². The summed E-state index contributed by atoms with van der Waals surface area (Å²) in [5, 5.41) is 0. The standard InChI is InChI=1S/C34H60N2O3Si.C28H45ClNO3Si.C11H15Cl.C8H21NO3Si.C6H15N.C4H8O/c1-11-13-23-35(4,5)27-30-15-19-33(20-16-30)29(3)26-32(12-2)34-21-17-31(18-22-34)28-36(6,7)24-14-25-40(37-8,38-9)39-10;1-8-26(20-23(2)27-14-10-24(21-29)11-15-27)28-16-12-25(13-17-28)22-30(3,4)18-9-19-34(31-5,32-6)33-7;1-3-9(2)11-6-4-10(8-12)5-7-11;1-9(2)7-6-8-13(10-3,11-4)12-5;1-4-5-6-7(2)3;1-2-4-5-3-1/h15-22,29,32H,11-14,23-28H2,1-10H3;10-17,23,26H,8-9,18-22H2,1-7H3;4-7,9H,3,8H2,1-2H3;6-8H2,1-5H3;4-6H2,1-3H3;1-4H2/q+2;+1;;;;. The Hall–Kier alpha value is -3.27. The predicted molar refractivity (Wildman–Crippen MR) is 480 cm³/mol. The molecule has 5 unspecified atom stereocenters. The van der Waals surface area contributed by atoms with E-state index in [1.807, 2.05) is 0 Å². The molecule has 1 fully saturated rings. The molecule has 20 heteroatoms. The smallest absolute Gasteiger partial charge is 0.381 e. The number of alkyl halides is 2.